The molecule has 4 aromatic rings. The van der Waals surface area contributed by atoms with Crippen LogP contribution in [0.4, 0.5) is 0 Å². The zero-order valence-corrected chi connectivity index (χ0v) is 18.4. The second kappa shape index (κ2) is 8.85. The van der Waals surface area contributed by atoms with E-state index in [0.29, 0.717) is 33.0 Å². The molecule has 1 aromatic heterocycles. The van der Waals surface area contributed by atoms with Crippen molar-refractivity contribution in [1.82, 2.24) is 15.0 Å². The molecular formula is C23H16BrClN4O2. The van der Waals surface area contributed by atoms with E-state index in [-0.39, 0.29) is 5.56 Å². The summed E-state index contributed by atoms with van der Waals surface area (Å²) < 4.78 is 2.29. The van der Waals surface area contributed by atoms with Crippen molar-refractivity contribution in [1.29, 1.82) is 0 Å². The Morgan fingerprint density at radius 2 is 1.74 bits per heavy atom. The number of aromatic nitrogens is 2. The summed E-state index contributed by atoms with van der Waals surface area (Å²) >= 11 is 9.37. The fourth-order valence-electron chi connectivity index (χ4n) is 3.13. The third-order valence-electron chi connectivity index (χ3n) is 4.67. The molecule has 0 spiro atoms. The van der Waals surface area contributed by atoms with Crippen molar-refractivity contribution in [2.45, 2.75) is 0 Å². The Kier molecular flexibility index (Phi) is 5.99. The van der Waals surface area contributed by atoms with Crippen LogP contribution in [-0.2, 0) is 0 Å². The minimum atomic E-state index is -0.415. The molecule has 0 fully saturated rings. The zero-order chi connectivity index (χ0) is 22.0. The fraction of sp³-hybridized carbons (Fsp3) is 0. The molecular weight excluding hydrogens is 480 g/mol. The number of nitrogens with one attached hydrogen (secondary N) is 1. The van der Waals surface area contributed by atoms with Gasteiger partial charge < -0.3 is 0 Å². The van der Waals surface area contributed by atoms with Crippen molar-refractivity contribution < 1.29 is 4.79 Å². The van der Waals surface area contributed by atoms with E-state index in [2.05, 4.69) is 26.3 Å². The Morgan fingerprint density at radius 1 is 1.03 bits per heavy atom. The van der Waals surface area contributed by atoms with Crippen LogP contribution in [0.15, 0.2) is 76.0 Å². The Labute approximate surface area is 191 Å². The first kappa shape index (κ1) is 21.0. The third kappa shape index (κ3) is 4.44. The molecule has 4 rings (SSSR count). The van der Waals surface area contributed by atoms with E-state index >= 15 is 0 Å². The van der Waals surface area contributed by atoms with E-state index in [1.807, 2.05) is 24.3 Å². The lowest BCUT2D eigenvalue weighted by Gasteiger charge is -2.12. The van der Waals surface area contributed by atoms with Gasteiger partial charge in [0.15, 0.2) is 0 Å². The number of carbonyl (C=O) groups excluding carboxylic acids is 1. The topological polar surface area (TPSA) is 90.0 Å². The number of fused-ring (bicyclic) bond motifs is 1. The summed E-state index contributed by atoms with van der Waals surface area (Å²) in [6.45, 7) is 0. The second-order valence-electron chi connectivity index (χ2n) is 6.68. The summed E-state index contributed by atoms with van der Waals surface area (Å²) in [6, 6.07) is 19.3. The molecule has 0 bridgehead atoms. The maximum Gasteiger partial charge on any atom is 0.266 e. The number of nitrogens with zero attached hydrogens (tertiary/aromatic N) is 2. The second-order valence-corrected chi connectivity index (χ2v) is 8.03. The predicted octanol–water partition coefficient (Wildman–Crippen LogP) is 4.58. The largest absolute Gasteiger partial charge is 0.290 e. The fourth-order valence-corrected chi connectivity index (χ4v) is 3.61. The Bertz CT molecular complexity index is 1360. The maximum absolute atomic E-state index is 13.4. The standard InChI is InChI=1S/C23H16BrClN4O2/c24-16-6-11-20-19(13-16)23(31)29(18-9-4-15(5-10-18)22(30)28-26)21(27-20)12-3-14-1-7-17(25)8-2-14/h1-13H,26H2,(H,28,30)/b12-3+. The number of halogens is 2. The molecule has 0 atom stereocenters. The molecule has 0 aliphatic heterocycles. The Balaban J connectivity index is 1.89. The van der Waals surface area contributed by atoms with Crippen LogP contribution in [0.3, 0.4) is 0 Å². The number of carbonyl (C=O) groups is 1. The van der Waals surface area contributed by atoms with Crippen molar-refractivity contribution in [2.75, 3.05) is 0 Å². The Morgan fingerprint density at radius 3 is 2.42 bits per heavy atom. The van der Waals surface area contributed by atoms with Gasteiger partial charge in [-0.2, -0.15) is 0 Å². The van der Waals surface area contributed by atoms with Crippen LogP contribution in [-0.4, -0.2) is 15.5 Å². The van der Waals surface area contributed by atoms with Gasteiger partial charge in [-0.15, -0.1) is 0 Å². The maximum atomic E-state index is 13.4. The highest BCUT2D eigenvalue weighted by molar-refractivity contribution is 9.10. The summed E-state index contributed by atoms with van der Waals surface area (Å²) in [5.41, 5.74) is 4.32. The van der Waals surface area contributed by atoms with Gasteiger partial charge in [0, 0.05) is 15.1 Å². The lowest BCUT2D eigenvalue weighted by atomic mass is 10.1. The van der Waals surface area contributed by atoms with Crippen LogP contribution in [0.5, 0.6) is 0 Å². The summed E-state index contributed by atoms with van der Waals surface area (Å²) in [6.07, 6.45) is 3.63. The summed E-state index contributed by atoms with van der Waals surface area (Å²) in [5, 5.41) is 1.12. The number of hydrogen-bond donors (Lipinski definition) is 2. The van der Waals surface area contributed by atoms with E-state index in [1.165, 1.54) is 4.57 Å². The molecule has 0 aliphatic carbocycles. The van der Waals surface area contributed by atoms with Crippen molar-refractivity contribution in [3.63, 3.8) is 0 Å². The molecule has 31 heavy (non-hydrogen) atoms. The van der Waals surface area contributed by atoms with E-state index in [9.17, 15) is 9.59 Å². The molecule has 1 heterocycles. The normalized spacial score (nSPS) is 11.2. The van der Waals surface area contributed by atoms with Gasteiger partial charge in [0.05, 0.1) is 16.6 Å². The minimum absolute atomic E-state index is 0.224. The number of hydrazine groups is 1. The van der Waals surface area contributed by atoms with Crippen molar-refractivity contribution in [3.8, 4) is 5.69 Å². The Hall–Kier alpha value is -3.26. The smallest absolute Gasteiger partial charge is 0.266 e. The highest BCUT2D eigenvalue weighted by atomic mass is 79.9. The molecule has 0 saturated heterocycles. The van der Waals surface area contributed by atoms with Gasteiger partial charge >= 0.3 is 0 Å². The lowest BCUT2D eigenvalue weighted by molar-refractivity contribution is 0.0953. The molecule has 0 radical (unpaired) electrons. The van der Waals surface area contributed by atoms with Crippen LogP contribution >= 0.6 is 27.5 Å². The average molecular weight is 496 g/mol. The zero-order valence-electron chi connectivity index (χ0n) is 16.0. The third-order valence-corrected chi connectivity index (χ3v) is 5.42. The van der Waals surface area contributed by atoms with Crippen LogP contribution in [0.2, 0.25) is 5.02 Å². The lowest BCUT2D eigenvalue weighted by Crippen LogP contribution is -2.30. The van der Waals surface area contributed by atoms with Crippen LogP contribution < -0.4 is 16.8 Å². The van der Waals surface area contributed by atoms with Crippen molar-refractivity contribution in [2.24, 2.45) is 5.84 Å². The van der Waals surface area contributed by atoms with Crippen LogP contribution in [0, 0.1) is 0 Å². The number of nitrogen functional groups attached to an aromatic ring is 1. The van der Waals surface area contributed by atoms with Crippen LogP contribution in [0.1, 0.15) is 21.7 Å². The first-order chi connectivity index (χ1) is 15.0. The van der Waals surface area contributed by atoms with Gasteiger partial charge in [0.1, 0.15) is 5.82 Å². The minimum Gasteiger partial charge on any atom is -0.290 e. The number of amides is 1. The van der Waals surface area contributed by atoms with E-state index in [0.717, 1.165) is 10.0 Å². The number of rotatable bonds is 4. The van der Waals surface area contributed by atoms with Gasteiger partial charge in [0.2, 0.25) is 0 Å². The molecule has 1 amide bonds. The first-order valence-corrected chi connectivity index (χ1v) is 10.4. The van der Waals surface area contributed by atoms with Crippen LogP contribution in [0.25, 0.3) is 28.7 Å². The van der Waals surface area contributed by atoms with Gasteiger partial charge in [-0.05, 0) is 66.2 Å². The van der Waals surface area contributed by atoms with Gasteiger partial charge in [-0.25, -0.2) is 10.8 Å². The highest BCUT2D eigenvalue weighted by Crippen LogP contribution is 2.20. The molecule has 0 aliphatic rings. The van der Waals surface area contributed by atoms with E-state index < -0.39 is 5.91 Å². The molecule has 3 aromatic carbocycles. The predicted molar refractivity (Wildman–Crippen MR) is 127 cm³/mol. The monoisotopic (exact) mass is 494 g/mol. The van der Waals surface area contributed by atoms with Gasteiger partial charge in [0.25, 0.3) is 11.5 Å². The van der Waals surface area contributed by atoms with E-state index in [4.69, 9.17) is 17.4 Å². The van der Waals surface area contributed by atoms with Crippen molar-refractivity contribution >= 4 is 56.5 Å². The molecule has 0 unspecified atom stereocenters. The molecule has 154 valence electrons. The highest BCUT2D eigenvalue weighted by Gasteiger charge is 2.13. The summed E-state index contributed by atoms with van der Waals surface area (Å²) in [4.78, 5) is 29.8. The van der Waals surface area contributed by atoms with Crippen molar-refractivity contribution in [3.05, 3.63) is 104 Å². The molecule has 3 N–H and O–H groups in total. The summed E-state index contributed by atoms with van der Waals surface area (Å²) in [5.74, 6) is 5.23. The number of nitrogens with two attached hydrogens (primary N) is 1. The SMILES string of the molecule is NNC(=O)c1ccc(-n2c(/C=C/c3ccc(Cl)cc3)nc3ccc(Br)cc3c2=O)cc1. The molecule has 6 nitrogen and oxygen atoms in total. The first-order valence-electron chi connectivity index (χ1n) is 9.23. The van der Waals surface area contributed by atoms with Gasteiger partial charge in [-0.1, -0.05) is 45.7 Å². The number of hydrogen-bond acceptors (Lipinski definition) is 4. The van der Waals surface area contributed by atoms with Gasteiger partial charge in [-0.3, -0.25) is 19.6 Å². The molecule has 0 saturated carbocycles. The summed E-state index contributed by atoms with van der Waals surface area (Å²) in [7, 11) is 0. The van der Waals surface area contributed by atoms with E-state index in [1.54, 1.807) is 54.6 Å². The quantitative estimate of drug-likeness (QED) is 0.246. The number of benzene rings is 3. The molecule has 8 heteroatoms. The average Bonchev–Trinajstić information content (AvgIpc) is 2.79.